The van der Waals surface area contributed by atoms with Gasteiger partial charge in [0.15, 0.2) is 0 Å². The van der Waals surface area contributed by atoms with E-state index in [1.165, 1.54) is 6.20 Å². The summed E-state index contributed by atoms with van der Waals surface area (Å²) in [4.78, 5) is 3.67. The number of nitrogens with one attached hydrogen (secondary N) is 1. The average molecular weight is 178 g/mol. The van der Waals surface area contributed by atoms with Crippen LogP contribution in [0.2, 0.25) is 0 Å². The van der Waals surface area contributed by atoms with E-state index in [1.54, 1.807) is 19.3 Å². The maximum atomic E-state index is 13.2. The zero-order valence-corrected chi connectivity index (χ0v) is 7.42. The van der Waals surface area contributed by atoms with Crippen LogP contribution >= 0.6 is 0 Å². The molecule has 0 saturated heterocycles. The van der Waals surface area contributed by atoms with E-state index in [2.05, 4.69) is 16.2 Å². The highest BCUT2D eigenvalue weighted by atomic mass is 19.1. The molecule has 1 rings (SSSR count). The summed E-state index contributed by atoms with van der Waals surface area (Å²) in [5.74, 6) is 2.17. The first-order valence-corrected chi connectivity index (χ1v) is 3.99. The van der Waals surface area contributed by atoms with Gasteiger partial charge in [-0.3, -0.25) is 4.98 Å². The summed E-state index contributed by atoms with van der Waals surface area (Å²) >= 11 is 0. The minimum Gasteiger partial charge on any atom is -0.312 e. The third kappa shape index (κ3) is 2.27. The summed E-state index contributed by atoms with van der Waals surface area (Å²) in [6.07, 6.45) is 8.38. The van der Waals surface area contributed by atoms with Gasteiger partial charge in [0.2, 0.25) is 0 Å². The second-order valence-corrected chi connectivity index (χ2v) is 2.65. The lowest BCUT2D eigenvalue weighted by molar-refractivity contribution is 0.540. The molecule has 0 radical (unpaired) electrons. The highest BCUT2D eigenvalue weighted by Gasteiger charge is 2.11. The molecule has 0 bridgehead atoms. The molecule has 68 valence electrons. The Balaban J connectivity index is 2.92. The van der Waals surface area contributed by atoms with Crippen LogP contribution in [0.15, 0.2) is 18.5 Å². The number of rotatable bonds is 3. The Kier molecular flexibility index (Phi) is 3.41. The van der Waals surface area contributed by atoms with Gasteiger partial charge in [-0.2, -0.15) is 0 Å². The number of nitrogens with zero attached hydrogens (tertiary/aromatic N) is 1. The number of aromatic nitrogens is 1. The summed E-state index contributed by atoms with van der Waals surface area (Å²) < 4.78 is 13.2. The van der Waals surface area contributed by atoms with Crippen LogP contribution in [0, 0.1) is 18.2 Å². The normalized spacial score (nSPS) is 12.1. The van der Waals surface area contributed by atoms with Crippen molar-refractivity contribution in [1.82, 2.24) is 10.3 Å². The van der Waals surface area contributed by atoms with Crippen molar-refractivity contribution in [1.29, 1.82) is 0 Å². The van der Waals surface area contributed by atoms with Gasteiger partial charge < -0.3 is 5.32 Å². The van der Waals surface area contributed by atoms with E-state index in [0.29, 0.717) is 12.0 Å². The van der Waals surface area contributed by atoms with Crippen molar-refractivity contribution in [2.75, 3.05) is 7.05 Å². The van der Waals surface area contributed by atoms with Crippen molar-refractivity contribution in [3.8, 4) is 12.3 Å². The first kappa shape index (κ1) is 9.69. The molecule has 0 aliphatic heterocycles. The Bertz CT molecular complexity index is 317. The summed E-state index contributed by atoms with van der Waals surface area (Å²) in [7, 11) is 1.75. The van der Waals surface area contributed by atoms with Gasteiger partial charge in [-0.25, -0.2) is 4.39 Å². The van der Waals surface area contributed by atoms with E-state index in [-0.39, 0.29) is 11.9 Å². The molecule has 1 atom stereocenters. The summed E-state index contributed by atoms with van der Waals surface area (Å²) in [5.41, 5.74) is 0.565. The summed E-state index contributed by atoms with van der Waals surface area (Å²) in [6.45, 7) is 0. The molecule has 0 saturated carbocycles. The van der Waals surface area contributed by atoms with Gasteiger partial charge in [0.1, 0.15) is 5.82 Å². The third-order valence-electron chi connectivity index (χ3n) is 1.85. The highest BCUT2D eigenvalue weighted by molar-refractivity contribution is 5.18. The van der Waals surface area contributed by atoms with Gasteiger partial charge in [-0.15, -0.1) is 12.3 Å². The molecule has 2 nitrogen and oxygen atoms in total. The maximum Gasteiger partial charge on any atom is 0.146 e. The Hall–Kier alpha value is -1.40. The van der Waals surface area contributed by atoms with E-state index >= 15 is 0 Å². The van der Waals surface area contributed by atoms with Crippen molar-refractivity contribution in [2.45, 2.75) is 12.5 Å². The predicted molar refractivity (Wildman–Crippen MR) is 49.4 cm³/mol. The minimum absolute atomic E-state index is 0.131. The van der Waals surface area contributed by atoms with Crippen LogP contribution in [0.3, 0.4) is 0 Å². The van der Waals surface area contributed by atoms with Gasteiger partial charge in [-0.05, 0) is 13.1 Å². The molecule has 1 aromatic heterocycles. The lowest BCUT2D eigenvalue weighted by Crippen LogP contribution is -2.17. The quantitative estimate of drug-likeness (QED) is 0.709. The van der Waals surface area contributed by atoms with Crippen LogP contribution in [0.25, 0.3) is 0 Å². The fourth-order valence-corrected chi connectivity index (χ4v) is 1.15. The van der Waals surface area contributed by atoms with E-state index in [0.717, 1.165) is 0 Å². The standard InChI is InChI=1S/C10H11FN2/c1-3-4-10(12-2)8-5-6-13-7-9(8)11/h1,5-7,10,12H,4H2,2H3. The number of hydrogen-bond acceptors (Lipinski definition) is 2. The lowest BCUT2D eigenvalue weighted by Gasteiger charge is -2.13. The Morgan fingerprint density at radius 3 is 3.08 bits per heavy atom. The monoisotopic (exact) mass is 178 g/mol. The largest absolute Gasteiger partial charge is 0.312 e. The van der Waals surface area contributed by atoms with Gasteiger partial charge >= 0.3 is 0 Å². The molecule has 0 aliphatic rings. The van der Waals surface area contributed by atoms with Crippen molar-refractivity contribution >= 4 is 0 Å². The molecule has 0 fully saturated rings. The summed E-state index contributed by atoms with van der Waals surface area (Å²) in [5, 5.41) is 2.95. The van der Waals surface area contributed by atoms with Gasteiger partial charge in [0.25, 0.3) is 0 Å². The molecule has 3 heteroatoms. The minimum atomic E-state index is -0.322. The molecule has 0 aliphatic carbocycles. The fourth-order valence-electron chi connectivity index (χ4n) is 1.15. The van der Waals surface area contributed by atoms with Gasteiger partial charge in [0, 0.05) is 24.2 Å². The second kappa shape index (κ2) is 4.58. The Labute approximate surface area is 77.2 Å². The summed E-state index contributed by atoms with van der Waals surface area (Å²) in [6, 6.07) is 1.50. The first-order valence-electron chi connectivity index (χ1n) is 3.99. The van der Waals surface area contributed by atoms with Gasteiger partial charge in [0.05, 0.1) is 6.20 Å². The van der Waals surface area contributed by atoms with Crippen LogP contribution in [-0.2, 0) is 0 Å². The van der Waals surface area contributed by atoms with E-state index < -0.39 is 0 Å². The average Bonchev–Trinajstić information content (AvgIpc) is 2.16. The van der Waals surface area contributed by atoms with Crippen molar-refractivity contribution in [3.63, 3.8) is 0 Å². The molecule has 0 amide bonds. The molecule has 1 aromatic rings. The molecule has 0 spiro atoms. The number of pyridine rings is 1. The van der Waals surface area contributed by atoms with Crippen LogP contribution in [0.1, 0.15) is 18.0 Å². The fraction of sp³-hybridized carbons (Fsp3) is 0.300. The number of terminal acetylenes is 1. The molecular formula is C10H11FN2. The zero-order chi connectivity index (χ0) is 9.68. The molecule has 1 N–H and O–H groups in total. The number of hydrogen-bond donors (Lipinski definition) is 1. The Morgan fingerprint density at radius 1 is 1.77 bits per heavy atom. The van der Waals surface area contributed by atoms with Crippen molar-refractivity contribution < 1.29 is 4.39 Å². The van der Waals surface area contributed by atoms with Crippen LogP contribution in [0.4, 0.5) is 4.39 Å². The van der Waals surface area contributed by atoms with Crippen LogP contribution < -0.4 is 5.32 Å². The van der Waals surface area contributed by atoms with Crippen LogP contribution in [-0.4, -0.2) is 12.0 Å². The van der Waals surface area contributed by atoms with Crippen molar-refractivity contribution in [3.05, 3.63) is 29.8 Å². The molecule has 1 unspecified atom stereocenters. The van der Waals surface area contributed by atoms with E-state index in [9.17, 15) is 4.39 Å². The Morgan fingerprint density at radius 2 is 2.54 bits per heavy atom. The topological polar surface area (TPSA) is 24.9 Å². The molecule has 0 aromatic carbocycles. The lowest BCUT2D eigenvalue weighted by atomic mass is 10.1. The van der Waals surface area contributed by atoms with Crippen LogP contribution in [0.5, 0.6) is 0 Å². The zero-order valence-electron chi connectivity index (χ0n) is 7.42. The van der Waals surface area contributed by atoms with E-state index in [1.807, 2.05) is 0 Å². The third-order valence-corrected chi connectivity index (χ3v) is 1.85. The van der Waals surface area contributed by atoms with Crippen molar-refractivity contribution in [2.24, 2.45) is 0 Å². The molecular weight excluding hydrogens is 167 g/mol. The highest BCUT2D eigenvalue weighted by Crippen LogP contribution is 2.17. The van der Waals surface area contributed by atoms with Gasteiger partial charge in [-0.1, -0.05) is 0 Å². The van der Waals surface area contributed by atoms with E-state index in [4.69, 9.17) is 6.42 Å². The SMILES string of the molecule is C#CCC(NC)c1ccncc1F. The number of halogens is 1. The smallest absolute Gasteiger partial charge is 0.146 e. The molecule has 1 heterocycles. The second-order valence-electron chi connectivity index (χ2n) is 2.65. The molecule has 13 heavy (non-hydrogen) atoms. The first-order chi connectivity index (χ1) is 6.29. The predicted octanol–water partition coefficient (Wildman–Crippen LogP) is 1.50. The maximum absolute atomic E-state index is 13.2.